The number of hydrogen-bond acceptors (Lipinski definition) is 9. The highest BCUT2D eigenvalue weighted by Gasteiger charge is 2.23. The molecule has 0 spiro atoms. The summed E-state index contributed by atoms with van der Waals surface area (Å²) in [5.41, 5.74) is 9.20. The summed E-state index contributed by atoms with van der Waals surface area (Å²) in [5, 5.41) is 0.693. The molecule has 0 bridgehead atoms. The minimum atomic E-state index is 0.358. The predicted molar refractivity (Wildman–Crippen MR) is 104 cm³/mol. The lowest BCUT2D eigenvalue weighted by Gasteiger charge is -2.23. The maximum Gasteiger partial charge on any atom is 0.211 e. The molecule has 3 aromatic heterocycles. The molecule has 134 valence electrons. The van der Waals surface area contributed by atoms with E-state index in [2.05, 4.69) is 49.1 Å². The van der Waals surface area contributed by atoms with E-state index >= 15 is 0 Å². The van der Waals surface area contributed by atoms with Gasteiger partial charge in [-0.25, -0.2) is 9.97 Å². The molecular weight excluding hydrogens is 348 g/mol. The molecule has 0 saturated carbocycles. The van der Waals surface area contributed by atoms with Crippen LogP contribution in [0.2, 0.25) is 0 Å². The van der Waals surface area contributed by atoms with Crippen LogP contribution in [0.15, 0.2) is 24.7 Å². The predicted octanol–water partition coefficient (Wildman–Crippen LogP) is 2.51. The van der Waals surface area contributed by atoms with Crippen molar-refractivity contribution in [1.82, 2.24) is 24.3 Å². The molecule has 0 amide bonds. The first-order chi connectivity index (χ1) is 12.5. The van der Waals surface area contributed by atoms with Gasteiger partial charge in [-0.3, -0.25) is 4.98 Å². The van der Waals surface area contributed by atoms with Crippen molar-refractivity contribution in [2.45, 2.75) is 26.3 Å². The summed E-state index contributed by atoms with van der Waals surface area (Å²) >= 11 is 1.29. The topological polar surface area (TPSA) is 97.0 Å². The van der Waals surface area contributed by atoms with Gasteiger partial charge in [-0.15, -0.1) is 0 Å². The molecule has 0 aliphatic carbocycles. The second kappa shape index (κ2) is 6.49. The van der Waals surface area contributed by atoms with Crippen molar-refractivity contribution in [3.05, 3.63) is 30.2 Å². The smallest absolute Gasteiger partial charge is 0.211 e. The van der Waals surface area contributed by atoms with Crippen LogP contribution in [0.1, 0.15) is 19.4 Å². The van der Waals surface area contributed by atoms with Gasteiger partial charge in [0.2, 0.25) is 5.13 Å². The van der Waals surface area contributed by atoms with E-state index in [0.29, 0.717) is 28.6 Å². The van der Waals surface area contributed by atoms with Crippen molar-refractivity contribution >= 4 is 34.0 Å². The second-order valence-electron chi connectivity index (χ2n) is 6.46. The molecule has 1 aliphatic heterocycles. The molecule has 4 rings (SSSR count). The van der Waals surface area contributed by atoms with E-state index in [9.17, 15) is 0 Å². The standard InChI is InChI=1S/C17H20N8S/c1-10(2)25-7-4-11-8-12(21-9-13(11)25)15-22-17(26-23-15)24(3)16-14(18)19-5-6-20-16/h5-6,8-10H,4,7H2,1-3H3,(H2,18,19). The third-order valence-electron chi connectivity index (χ3n) is 4.48. The molecule has 0 unspecified atom stereocenters. The minimum Gasteiger partial charge on any atom is -0.381 e. The van der Waals surface area contributed by atoms with E-state index in [4.69, 9.17) is 5.73 Å². The van der Waals surface area contributed by atoms with Gasteiger partial charge in [0.1, 0.15) is 5.69 Å². The summed E-state index contributed by atoms with van der Waals surface area (Å²) in [7, 11) is 1.85. The fraction of sp³-hybridized carbons (Fsp3) is 0.353. The Hall–Kier alpha value is -2.81. The average molecular weight is 368 g/mol. The van der Waals surface area contributed by atoms with Crippen molar-refractivity contribution in [2.75, 3.05) is 29.1 Å². The van der Waals surface area contributed by atoms with Crippen LogP contribution in [0.3, 0.4) is 0 Å². The number of rotatable bonds is 4. The van der Waals surface area contributed by atoms with Crippen molar-refractivity contribution in [3.63, 3.8) is 0 Å². The van der Waals surface area contributed by atoms with Gasteiger partial charge >= 0.3 is 0 Å². The summed E-state index contributed by atoms with van der Waals surface area (Å²) in [4.78, 5) is 21.7. The van der Waals surface area contributed by atoms with Gasteiger partial charge in [-0.2, -0.15) is 9.36 Å². The summed E-state index contributed by atoms with van der Waals surface area (Å²) in [6.07, 6.45) is 6.12. The maximum atomic E-state index is 5.90. The minimum absolute atomic E-state index is 0.358. The van der Waals surface area contributed by atoms with Crippen molar-refractivity contribution in [3.8, 4) is 11.5 Å². The summed E-state index contributed by atoms with van der Waals surface area (Å²) in [6.45, 7) is 5.43. The van der Waals surface area contributed by atoms with E-state index in [1.54, 1.807) is 17.3 Å². The van der Waals surface area contributed by atoms with Crippen LogP contribution in [0.4, 0.5) is 22.5 Å². The van der Waals surface area contributed by atoms with Crippen LogP contribution in [0.25, 0.3) is 11.5 Å². The van der Waals surface area contributed by atoms with Gasteiger partial charge in [0.25, 0.3) is 0 Å². The highest BCUT2D eigenvalue weighted by Crippen LogP contribution is 2.33. The zero-order chi connectivity index (χ0) is 18.3. The first-order valence-corrected chi connectivity index (χ1v) is 9.22. The van der Waals surface area contributed by atoms with Gasteiger partial charge in [0.15, 0.2) is 17.5 Å². The number of aromatic nitrogens is 5. The first-order valence-electron chi connectivity index (χ1n) is 8.44. The fourth-order valence-corrected chi connectivity index (χ4v) is 3.75. The molecule has 9 heteroatoms. The lowest BCUT2D eigenvalue weighted by Crippen LogP contribution is -2.28. The SMILES string of the molecule is CC(C)N1CCc2cc(-c3nsc(N(C)c4nccnc4N)n3)ncc21. The van der Waals surface area contributed by atoms with Crippen LogP contribution in [0, 0.1) is 0 Å². The van der Waals surface area contributed by atoms with Gasteiger partial charge in [0.05, 0.1) is 11.9 Å². The normalized spacial score (nSPS) is 13.3. The van der Waals surface area contributed by atoms with E-state index in [0.717, 1.165) is 18.7 Å². The van der Waals surface area contributed by atoms with Crippen LogP contribution in [-0.4, -0.2) is 43.9 Å². The molecule has 1 aliphatic rings. The Morgan fingerprint density at radius 3 is 2.81 bits per heavy atom. The van der Waals surface area contributed by atoms with Crippen molar-refractivity contribution < 1.29 is 0 Å². The quantitative estimate of drug-likeness (QED) is 0.750. The summed E-state index contributed by atoms with van der Waals surface area (Å²) < 4.78 is 4.47. The number of nitrogens with two attached hydrogens (primary N) is 1. The molecule has 4 heterocycles. The second-order valence-corrected chi connectivity index (χ2v) is 7.19. The van der Waals surface area contributed by atoms with E-state index in [-0.39, 0.29) is 0 Å². The van der Waals surface area contributed by atoms with Crippen LogP contribution < -0.4 is 15.5 Å². The molecule has 0 saturated heterocycles. The largest absolute Gasteiger partial charge is 0.381 e. The van der Waals surface area contributed by atoms with Gasteiger partial charge < -0.3 is 15.5 Å². The lowest BCUT2D eigenvalue weighted by molar-refractivity contribution is 0.709. The third kappa shape index (κ3) is 2.84. The maximum absolute atomic E-state index is 5.90. The van der Waals surface area contributed by atoms with Gasteiger partial charge in [0, 0.05) is 43.6 Å². The van der Waals surface area contributed by atoms with Crippen LogP contribution in [0.5, 0.6) is 0 Å². The summed E-state index contributed by atoms with van der Waals surface area (Å²) in [5.74, 6) is 1.53. The van der Waals surface area contributed by atoms with Crippen LogP contribution >= 0.6 is 11.5 Å². The zero-order valence-electron chi connectivity index (χ0n) is 14.9. The Morgan fingerprint density at radius 2 is 2.04 bits per heavy atom. The van der Waals surface area contributed by atoms with Gasteiger partial charge in [-0.1, -0.05) is 0 Å². The number of anilines is 4. The van der Waals surface area contributed by atoms with E-state index < -0.39 is 0 Å². The lowest BCUT2D eigenvalue weighted by atomic mass is 10.2. The number of fused-ring (bicyclic) bond motifs is 1. The monoisotopic (exact) mass is 368 g/mol. The van der Waals surface area contributed by atoms with Crippen LogP contribution in [-0.2, 0) is 6.42 Å². The van der Waals surface area contributed by atoms with E-state index in [1.807, 2.05) is 13.2 Å². The van der Waals surface area contributed by atoms with Crippen molar-refractivity contribution in [1.29, 1.82) is 0 Å². The molecule has 2 N–H and O–H groups in total. The number of nitrogen functional groups attached to an aromatic ring is 1. The Bertz CT molecular complexity index is 938. The molecule has 0 aromatic carbocycles. The molecule has 8 nitrogen and oxygen atoms in total. The van der Waals surface area contributed by atoms with E-state index in [1.165, 1.54) is 22.8 Å². The Labute approximate surface area is 155 Å². The molecule has 0 atom stereocenters. The third-order valence-corrected chi connectivity index (χ3v) is 5.27. The molecule has 0 radical (unpaired) electrons. The molecular formula is C17H20N8S. The first kappa shape index (κ1) is 16.6. The highest BCUT2D eigenvalue weighted by atomic mass is 32.1. The fourth-order valence-electron chi connectivity index (χ4n) is 3.11. The Kier molecular flexibility index (Phi) is 4.15. The average Bonchev–Trinajstić information content (AvgIpc) is 3.28. The zero-order valence-corrected chi connectivity index (χ0v) is 15.7. The number of hydrogen-bond donors (Lipinski definition) is 1. The summed E-state index contributed by atoms with van der Waals surface area (Å²) in [6, 6.07) is 2.57. The Balaban J connectivity index is 1.62. The van der Waals surface area contributed by atoms with Gasteiger partial charge in [-0.05, 0) is 31.9 Å². The molecule has 26 heavy (non-hydrogen) atoms. The van der Waals surface area contributed by atoms with Crippen molar-refractivity contribution in [2.24, 2.45) is 0 Å². The number of nitrogens with zero attached hydrogens (tertiary/aromatic N) is 7. The Morgan fingerprint density at radius 1 is 1.23 bits per heavy atom. The highest BCUT2D eigenvalue weighted by molar-refractivity contribution is 7.10. The number of pyridine rings is 1. The molecule has 3 aromatic rings. The molecule has 0 fully saturated rings.